The van der Waals surface area contributed by atoms with Crippen molar-refractivity contribution < 1.29 is 0 Å². The Kier molecular flexibility index (Phi) is 7.07. The van der Waals surface area contributed by atoms with E-state index in [9.17, 15) is 0 Å². The third-order valence-corrected chi connectivity index (χ3v) is 10.4. The Morgan fingerprint density at radius 3 is 1.88 bits per heavy atom. The van der Waals surface area contributed by atoms with Crippen molar-refractivity contribution in [3.05, 3.63) is 188 Å². The molecular weight excluding hydrogens is 599 g/mol. The van der Waals surface area contributed by atoms with E-state index in [1.54, 1.807) is 0 Å². The maximum Gasteiger partial charge on any atom is 0.0540 e. The molecule has 0 amide bonds. The summed E-state index contributed by atoms with van der Waals surface area (Å²) in [6, 6.07) is 68.2. The van der Waals surface area contributed by atoms with E-state index in [1.807, 2.05) is 11.3 Å². The molecule has 9 aromatic rings. The van der Waals surface area contributed by atoms with Crippen LogP contribution in [0.2, 0.25) is 0 Å². The zero-order valence-corrected chi connectivity index (χ0v) is 27.1. The average Bonchev–Trinajstić information content (AvgIpc) is 3.54. The summed E-state index contributed by atoms with van der Waals surface area (Å²) in [5.74, 6) is 0. The molecule has 1 aromatic heterocycles. The second-order valence-electron chi connectivity index (χ2n) is 12.2. The van der Waals surface area contributed by atoms with E-state index in [4.69, 9.17) is 0 Å². The van der Waals surface area contributed by atoms with Gasteiger partial charge in [-0.3, -0.25) is 0 Å². The Hall–Kier alpha value is -5.96. The topological polar surface area (TPSA) is 3.24 Å². The van der Waals surface area contributed by atoms with Crippen LogP contribution in [0, 0.1) is 0 Å². The van der Waals surface area contributed by atoms with Gasteiger partial charge in [-0.2, -0.15) is 0 Å². The molecular formula is C46H31NS. The van der Waals surface area contributed by atoms with Crippen LogP contribution in [0.4, 0.5) is 17.1 Å². The highest BCUT2D eigenvalue weighted by Gasteiger charge is 2.19. The van der Waals surface area contributed by atoms with E-state index in [0.717, 1.165) is 17.1 Å². The first kappa shape index (κ1) is 28.3. The summed E-state index contributed by atoms with van der Waals surface area (Å²) in [7, 11) is 0. The van der Waals surface area contributed by atoms with Crippen LogP contribution in [-0.4, -0.2) is 0 Å². The molecule has 226 valence electrons. The molecule has 0 radical (unpaired) electrons. The van der Waals surface area contributed by atoms with Crippen LogP contribution in [-0.2, 0) is 0 Å². The minimum absolute atomic E-state index is 1.11. The summed E-state index contributed by atoms with van der Waals surface area (Å²) in [6.45, 7) is 0. The highest BCUT2D eigenvalue weighted by atomic mass is 32.1. The predicted octanol–water partition coefficient (Wildman–Crippen LogP) is 13.7. The quantitative estimate of drug-likeness (QED) is 0.177. The molecule has 0 aliphatic carbocycles. The lowest BCUT2D eigenvalue weighted by atomic mass is 9.98. The minimum Gasteiger partial charge on any atom is -0.310 e. The van der Waals surface area contributed by atoms with Crippen LogP contribution in [0.15, 0.2) is 188 Å². The first-order valence-corrected chi connectivity index (χ1v) is 17.2. The Morgan fingerprint density at radius 1 is 0.333 bits per heavy atom. The first-order valence-electron chi connectivity index (χ1n) is 16.3. The monoisotopic (exact) mass is 629 g/mol. The number of para-hydroxylation sites is 1. The Bertz CT molecular complexity index is 2560. The minimum atomic E-state index is 1.11. The molecule has 0 bridgehead atoms. The van der Waals surface area contributed by atoms with Gasteiger partial charge in [-0.15, -0.1) is 11.3 Å². The van der Waals surface area contributed by atoms with Gasteiger partial charge in [0.15, 0.2) is 0 Å². The van der Waals surface area contributed by atoms with Crippen LogP contribution in [0.5, 0.6) is 0 Å². The van der Waals surface area contributed by atoms with Gasteiger partial charge in [-0.25, -0.2) is 0 Å². The van der Waals surface area contributed by atoms with Crippen molar-refractivity contribution in [3.8, 4) is 33.4 Å². The second kappa shape index (κ2) is 12.0. The maximum atomic E-state index is 2.41. The lowest BCUT2D eigenvalue weighted by Crippen LogP contribution is -2.11. The van der Waals surface area contributed by atoms with E-state index in [2.05, 4.69) is 193 Å². The molecule has 0 saturated heterocycles. The molecule has 9 rings (SSSR count). The smallest absolute Gasteiger partial charge is 0.0540 e. The Morgan fingerprint density at radius 2 is 0.979 bits per heavy atom. The standard InChI is InChI=1S/C46H31NS/c1-2-11-32(12-3-1)34-23-26-39(27-24-34)47(40-16-10-15-36(30-40)37-22-21-33-13-4-5-14-35(33)29-37)44-19-8-6-17-41(44)38-25-28-46-43(31-38)42-18-7-9-20-45(42)48-46/h1-31H. The maximum absolute atomic E-state index is 2.41. The molecule has 0 aliphatic heterocycles. The van der Waals surface area contributed by atoms with Crippen molar-refractivity contribution in [1.82, 2.24) is 0 Å². The Labute approximate surface area is 284 Å². The van der Waals surface area contributed by atoms with Gasteiger partial charge < -0.3 is 4.90 Å². The van der Waals surface area contributed by atoms with E-state index < -0.39 is 0 Å². The lowest BCUT2D eigenvalue weighted by Gasteiger charge is -2.28. The third kappa shape index (κ3) is 5.13. The third-order valence-electron chi connectivity index (χ3n) is 9.25. The summed E-state index contributed by atoms with van der Waals surface area (Å²) in [4.78, 5) is 2.41. The van der Waals surface area contributed by atoms with Crippen LogP contribution in [0.3, 0.4) is 0 Å². The molecule has 0 atom stereocenters. The highest BCUT2D eigenvalue weighted by molar-refractivity contribution is 7.25. The molecule has 0 aliphatic rings. The number of hydrogen-bond acceptors (Lipinski definition) is 2. The van der Waals surface area contributed by atoms with Crippen molar-refractivity contribution in [2.24, 2.45) is 0 Å². The van der Waals surface area contributed by atoms with Gasteiger partial charge in [-0.05, 0) is 93.2 Å². The van der Waals surface area contributed by atoms with Crippen LogP contribution < -0.4 is 4.90 Å². The second-order valence-corrected chi connectivity index (χ2v) is 13.3. The van der Waals surface area contributed by atoms with Crippen molar-refractivity contribution in [3.63, 3.8) is 0 Å². The van der Waals surface area contributed by atoms with E-state index in [1.165, 1.54) is 64.3 Å². The highest BCUT2D eigenvalue weighted by Crippen LogP contribution is 2.44. The SMILES string of the molecule is c1ccc(-c2ccc(N(c3cccc(-c4ccc5ccccc5c4)c3)c3ccccc3-c3ccc4sc5ccccc5c4c3)cc2)cc1. The van der Waals surface area contributed by atoms with Crippen molar-refractivity contribution in [1.29, 1.82) is 0 Å². The molecule has 8 aromatic carbocycles. The predicted molar refractivity (Wildman–Crippen MR) is 208 cm³/mol. The number of anilines is 3. The lowest BCUT2D eigenvalue weighted by molar-refractivity contribution is 1.28. The largest absolute Gasteiger partial charge is 0.310 e. The normalized spacial score (nSPS) is 11.3. The van der Waals surface area contributed by atoms with Gasteiger partial charge in [0.1, 0.15) is 0 Å². The number of rotatable bonds is 6. The molecule has 48 heavy (non-hydrogen) atoms. The fourth-order valence-corrected chi connectivity index (χ4v) is 7.95. The van der Waals surface area contributed by atoms with Gasteiger partial charge in [-0.1, -0.05) is 133 Å². The zero-order valence-electron chi connectivity index (χ0n) is 26.3. The summed E-state index contributed by atoms with van der Waals surface area (Å²) in [5.41, 5.74) is 10.6. The van der Waals surface area contributed by atoms with Gasteiger partial charge >= 0.3 is 0 Å². The number of fused-ring (bicyclic) bond motifs is 4. The van der Waals surface area contributed by atoms with Crippen molar-refractivity contribution >= 4 is 59.3 Å². The summed E-state index contributed by atoms with van der Waals surface area (Å²) in [5, 5.41) is 5.12. The van der Waals surface area contributed by atoms with Crippen molar-refractivity contribution in [2.45, 2.75) is 0 Å². The van der Waals surface area contributed by atoms with Gasteiger partial charge in [0.2, 0.25) is 0 Å². The summed E-state index contributed by atoms with van der Waals surface area (Å²) < 4.78 is 2.64. The average molecular weight is 630 g/mol. The molecule has 1 heterocycles. The number of thiophene rings is 1. The fourth-order valence-electron chi connectivity index (χ4n) is 6.86. The molecule has 0 saturated carbocycles. The molecule has 0 fully saturated rings. The summed E-state index contributed by atoms with van der Waals surface area (Å²) in [6.07, 6.45) is 0. The summed E-state index contributed by atoms with van der Waals surface area (Å²) >= 11 is 1.86. The molecule has 0 N–H and O–H groups in total. The number of nitrogens with zero attached hydrogens (tertiary/aromatic N) is 1. The molecule has 1 nitrogen and oxygen atoms in total. The number of benzene rings is 8. The van der Waals surface area contributed by atoms with Crippen LogP contribution in [0.25, 0.3) is 64.3 Å². The van der Waals surface area contributed by atoms with E-state index >= 15 is 0 Å². The van der Waals surface area contributed by atoms with Crippen molar-refractivity contribution in [2.75, 3.05) is 4.90 Å². The first-order chi connectivity index (χ1) is 23.8. The van der Waals surface area contributed by atoms with Crippen LogP contribution in [0.1, 0.15) is 0 Å². The molecule has 2 heteroatoms. The zero-order chi connectivity index (χ0) is 31.9. The van der Waals surface area contributed by atoms with E-state index in [-0.39, 0.29) is 0 Å². The van der Waals surface area contributed by atoms with Gasteiger partial charge in [0, 0.05) is 37.1 Å². The fraction of sp³-hybridized carbons (Fsp3) is 0. The van der Waals surface area contributed by atoms with Gasteiger partial charge in [0.05, 0.1) is 5.69 Å². The van der Waals surface area contributed by atoms with Crippen LogP contribution >= 0.6 is 11.3 Å². The van der Waals surface area contributed by atoms with E-state index in [0.29, 0.717) is 0 Å². The molecule has 0 spiro atoms. The van der Waals surface area contributed by atoms with Gasteiger partial charge in [0.25, 0.3) is 0 Å². The number of hydrogen-bond donors (Lipinski definition) is 0. The Balaban J connectivity index is 1.21. The molecule has 0 unspecified atom stereocenters.